The summed E-state index contributed by atoms with van der Waals surface area (Å²) in [5, 5.41) is 0.580. The van der Waals surface area contributed by atoms with Gasteiger partial charge in [-0.15, -0.1) is 11.3 Å². The van der Waals surface area contributed by atoms with Crippen molar-refractivity contribution in [2.24, 2.45) is 0 Å². The van der Waals surface area contributed by atoms with Crippen molar-refractivity contribution in [1.29, 1.82) is 0 Å². The Morgan fingerprint density at radius 3 is 2.39 bits per heavy atom. The highest BCUT2D eigenvalue weighted by atomic mass is 32.1. The Morgan fingerprint density at radius 1 is 1.00 bits per heavy atom. The number of amides is 1. The number of benzene rings is 2. The average molecular weight is 432 g/mol. The Morgan fingerprint density at radius 2 is 1.68 bits per heavy atom. The van der Waals surface area contributed by atoms with Gasteiger partial charge in [0, 0.05) is 17.6 Å². The van der Waals surface area contributed by atoms with Crippen LogP contribution in [-0.4, -0.2) is 22.1 Å². The maximum atomic E-state index is 13.5. The zero-order chi connectivity index (χ0) is 21.5. The molecule has 0 aliphatic heterocycles. The fraction of sp³-hybridized carbons (Fsp3) is 0.208. The number of hydrogen-bond donors (Lipinski definition) is 0. The molecule has 31 heavy (non-hydrogen) atoms. The van der Waals surface area contributed by atoms with E-state index in [0.29, 0.717) is 15.9 Å². The molecule has 0 atom stereocenters. The number of para-hydroxylation sites is 2. The van der Waals surface area contributed by atoms with Crippen LogP contribution in [0, 0.1) is 0 Å². The van der Waals surface area contributed by atoms with Gasteiger partial charge >= 0.3 is 5.69 Å². The van der Waals surface area contributed by atoms with Crippen LogP contribution in [0.25, 0.3) is 15.9 Å². The molecule has 0 saturated heterocycles. The molecule has 4 aromatic rings. The molecule has 0 bridgehead atoms. The number of carbonyl (C=O) groups excluding carboxylic acids is 1. The smallest absolute Gasteiger partial charge is 0.314 e. The maximum absolute atomic E-state index is 13.5. The monoisotopic (exact) mass is 431 g/mol. The van der Waals surface area contributed by atoms with E-state index in [2.05, 4.69) is 0 Å². The molecule has 0 spiro atoms. The fourth-order valence-corrected chi connectivity index (χ4v) is 5.56. The zero-order valence-corrected chi connectivity index (χ0v) is 17.9. The van der Waals surface area contributed by atoms with E-state index in [1.54, 1.807) is 31.3 Å². The Bertz CT molecular complexity index is 1400. The molecule has 2 aromatic carbocycles. The topological polar surface area (TPSA) is 64.3 Å². The molecule has 6 nitrogen and oxygen atoms in total. The second-order valence-electron chi connectivity index (χ2n) is 7.67. The lowest BCUT2D eigenvalue weighted by molar-refractivity contribution is -0.118. The third kappa shape index (κ3) is 3.21. The molecule has 0 radical (unpaired) electrons. The van der Waals surface area contributed by atoms with E-state index < -0.39 is 5.69 Å². The van der Waals surface area contributed by atoms with Crippen molar-refractivity contribution in [3.05, 3.63) is 91.9 Å². The van der Waals surface area contributed by atoms with E-state index in [-0.39, 0.29) is 18.0 Å². The molecule has 0 N–H and O–H groups in total. The molecule has 2 aromatic heterocycles. The van der Waals surface area contributed by atoms with Crippen molar-refractivity contribution < 1.29 is 4.79 Å². The molecule has 0 fully saturated rings. The summed E-state index contributed by atoms with van der Waals surface area (Å²) in [6.45, 7) is -0.132. The van der Waals surface area contributed by atoms with Gasteiger partial charge in [-0.1, -0.05) is 36.4 Å². The van der Waals surface area contributed by atoms with Crippen molar-refractivity contribution in [3.8, 4) is 5.69 Å². The van der Waals surface area contributed by atoms with Crippen LogP contribution in [0.5, 0.6) is 0 Å². The van der Waals surface area contributed by atoms with E-state index in [1.807, 2.05) is 36.4 Å². The van der Waals surface area contributed by atoms with Crippen molar-refractivity contribution >= 4 is 33.1 Å². The first kappa shape index (κ1) is 19.5. The summed E-state index contributed by atoms with van der Waals surface area (Å²) < 4.78 is 2.66. The molecule has 0 saturated carbocycles. The van der Waals surface area contributed by atoms with Gasteiger partial charge in [0.1, 0.15) is 11.4 Å². The Labute approximate surface area is 182 Å². The first-order chi connectivity index (χ1) is 15.1. The highest BCUT2D eigenvalue weighted by molar-refractivity contribution is 7.19. The van der Waals surface area contributed by atoms with Crippen LogP contribution < -0.4 is 16.1 Å². The van der Waals surface area contributed by atoms with Gasteiger partial charge in [0.2, 0.25) is 5.91 Å². The normalized spacial score (nSPS) is 12.8. The lowest BCUT2D eigenvalue weighted by atomic mass is 10.2. The van der Waals surface area contributed by atoms with Crippen LogP contribution in [0.1, 0.15) is 16.9 Å². The number of anilines is 1. The second kappa shape index (κ2) is 7.67. The molecule has 1 amide bonds. The Balaban J connectivity index is 1.70. The largest absolute Gasteiger partial charge is 0.337 e. The number of carbonyl (C=O) groups is 1. The molecule has 1 aliphatic rings. The quantitative estimate of drug-likeness (QED) is 0.498. The lowest BCUT2D eigenvalue weighted by Gasteiger charge is -2.19. The Hall–Kier alpha value is -3.45. The van der Waals surface area contributed by atoms with Gasteiger partial charge in [-0.05, 0) is 49.1 Å². The highest BCUT2D eigenvalue weighted by Gasteiger charge is 2.26. The van der Waals surface area contributed by atoms with Gasteiger partial charge in [-0.2, -0.15) is 0 Å². The van der Waals surface area contributed by atoms with Gasteiger partial charge in [0.05, 0.1) is 11.1 Å². The van der Waals surface area contributed by atoms with Gasteiger partial charge in [0.15, 0.2) is 0 Å². The fourth-order valence-electron chi connectivity index (χ4n) is 4.19. The lowest BCUT2D eigenvalue weighted by Crippen LogP contribution is -2.42. The van der Waals surface area contributed by atoms with Crippen LogP contribution in [0.4, 0.5) is 5.69 Å². The number of aromatic nitrogens is 2. The zero-order valence-electron chi connectivity index (χ0n) is 17.1. The highest BCUT2D eigenvalue weighted by Crippen LogP contribution is 2.35. The van der Waals surface area contributed by atoms with Gasteiger partial charge in [0.25, 0.3) is 5.56 Å². The van der Waals surface area contributed by atoms with Gasteiger partial charge in [-0.3, -0.25) is 14.2 Å². The minimum Gasteiger partial charge on any atom is -0.314 e. The van der Waals surface area contributed by atoms with E-state index >= 15 is 0 Å². The summed E-state index contributed by atoms with van der Waals surface area (Å²) in [5.41, 5.74) is 1.51. The average Bonchev–Trinajstić information content (AvgIpc) is 3.39. The van der Waals surface area contributed by atoms with E-state index in [9.17, 15) is 14.4 Å². The number of fused-ring (bicyclic) bond motifs is 3. The van der Waals surface area contributed by atoms with Crippen LogP contribution >= 0.6 is 11.3 Å². The van der Waals surface area contributed by atoms with Crippen molar-refractivity contribution in [1.82, 2.24) is 9.13 Å². The molecule has 1 aliphatic carbocycles. The van der Waals surface area contributed by atoms with Crippen LogP contribution in [0.15, 0.2) is 70.3 Å². The van der Waals surface area contributed by atoms with E-state index in [1.165, 1.54) is 25.4 Å². The number of rotatable bonds is 4. The van der Waals surface area contributed by atoms with Crippen molar-refractivity contribution in [2.75, 3.05) is 11.9 Å². The van der Waals surface area contributed by atoms with Crippen LogP contribution in [-0.2, 0) is 24.2 Å². The molecular weight excluding hydrogens is 410 g/mol. The standard InChI is InChI=1S/C24H21N3O3S/c1-25(16-9-4-2-5-10-16)20(28)15-26-23-21(18-13-8-14-19(18)31-23)22(29)27(24(26)30)17-11-6-3-7-12-17/h2-7,9-12H,8,13-15H2,1H3. The SMILES string of the molecule is CN(C(=O)Cn1c(=O)n(-c2ccccc2)c(=O)c2c3c(sc21)CCC3)c1ccccc1. The molecular formula is C24H21N3O3S. The summed E-state index contributed by atoms with van der Waals surface area (Å²) in [5.74, 6) is -0.221. The van der Waals surface area contributed by atoms with Gasteiger partial charge < -0.3 is 4.90 Å². The minimum atomic E-state index is -0.488. The summed E-state index contributed by atoms with van der Waals surface area (Å²) in [7, 11) is 1.70. The summed E-state index contributed by atoms with van der Waals surface area (Å²) in [4.78, 5) is 43.3. The second-order valence-corrected chi connectivity index (χ2v) is 8.75. The summed E-state index contributed by atoms with van der Waals surface area (Å²) >= 11 is 1.47. The minimum absolute atomic E-state index is 0.132. The predicted octanol–water partition coefficient (Wildman–Crippen LogP) is 3.37. The predicted molar refractivity (Wildman–Crippen MR) is 124 cm³/mol. The van der Waals surface area contributed by atoms with Crippen molar-refractivity contribution in [3.63, 3.8) is 0 Å². The Kier molecular flexibility index (Phi) is 4.82. The summed E-state index contributed by atoms with van der Waals surface area (Å²) in [6, 6.07) is 18.2. The van der Waals surface area contributed by atoms with Crippen LogP contribution in [0.2, 0.25) is 0 Å². The maximum Gasteiger partial charge on any atom is 0.337 e. The van der Waals surface area contributed by atoms with Gasteiger partial charge in [-0.25, -0.2) is 9.36 Å². The first-order valence-electron chi connectivity index (χ1n) is 10.2. The van der Waals surface area contributed by atoms with Crippen LogP contribution in [0.3, 0.4) is 0 Å². The molecule has 0 unspecified atom stereocenters. The van der Waals surface area contributed by atoms with Crippen molar-refractivity contribution in [2.45, 2.75) is 25.8 Å². The molecule has 2 heterocycles. The van der Waals surface area contributed by atoms with E-state index in [0.717, 1.165) is 35.4 Å². The number of nitrogens with zero attached hydrogens (tertiary/aromatic N) is 3. The third-order valence-corrected chi connectivity index (χ3v) is 7.13. The number of hydrogen-bond acceptors (Lipinski definition) is 4. The first-order valence-corrected chi connectivity index (χ1v) is 11.0. The number of thiophene rings is 1. The number of aryl methyl sites for hydroxylation is 2. The summed E-state index contributed by atoms with van der Waals surface area (Å²) in [6.07, 6.45) is 2.75. The third-order valence-electron chi connectivity index (χ3n) is 5.81. The molecule has 156 valence electrons. The number of likely N-dealkylation sites (N-methyl/N-ethyl adjacent to an activating group) is 1. The van der Waals surface area contributed by atoms with E-state index in [4.69, 9.17) is 0 Å². The molecule has 7 heteroatoms. The molecule has 5 rings (SSSR count).